The predicted molar refractivity (Wildman–Crippen MR) is 34.6 cm³/mol. The van der Waals surface area contributed by atoms with Gasteiger partial charge >= 0.3 is 0 Å². The van der Waals surface area contributed by atoms with Gasteiger partial charge in [0.1, 0.15) is 5.82 Å². The van der Waals surface area contributed by atoms with Crippen molar-refractivity contribution in [1.82, 2.24) is 0 Å². The van der Waals surface area contributed by atoms with Crippen LogP contribution in [0.15, 0.2) is 23.4 Å². The van der Waals surface area contributed by atoms with E-state index in [1.807, 2.05) is 0 Å². The predicted octanol–water partition coefficient (Wildman–Crippen LogP) is 1.43. The molecule has 1 N–H and O–H groups in total. The zero-order valence-electron chi connectivity index (χ0n) is 5.08. The zero-order valence-corrected chi connectivity index (χ0v) is 5.08. The van der Waals surface area contributed by atoms with Gasteiger partial charge in [-0.3, -0.25) is 0 Å². The van der Waals surface area contributed by atoms with Crippen LogP contribution in [-0.2, 0) is 0 Å². The first kappa shape index (κ1) is 6.74. The summed E-state index contributed by atoms with van der Waals surface area (Å²) in [6.07, 6.45) is 1.18. The lowest BCUT2D eigenvalue weighted by molar-refractivity contribution is 0.322. The molecule has 10 heavy (non-hydrogen) atoms. The van der Waals surface area contributed by atoms with Crippen molar-refractivity contribution in [2.45, 2.75) is 0 Å². The number of nitrogens with zero attached hydrogens (tertiary/aromatic N) is 1. The molecule has 0 amide bonds. The maximum atomic E-state index is 12.2. The molecule has 0 aliphatic rings. The molecule has 0 spiro atoms. The van der Waals surface area contributed by atoms with Gasteiger partial charge in [0.25, 0.3) is 0 Å². The van der Waals surface area contributed by atoms with Crippen LogP contribution in [0, 0.1) is 11.9 Å². The molecule has 0 aliphatic carbocycles. The first-order chi connectivity index (χ1) is 4.83. The van der Waals surface area contributed by atoms with Gasteiger partial charge in [-0.05, 0) is 24.3 Å². The molecular weight excluding hydrogens is 133 g/mol. The Bertz CT molecular complexity index is 230. The smallest absolute Gasteiger partial charge is 0.123 e. The minimum Gasteiger partial charge on any atom is -0.411 e. The van der Waals surface area contributed by atoms with Crippen LogP contribution in [0.1, 0.15) is 5.56 Å². The lowest BCUT2D eigenvalue weighted by Gasteiger charge is -1.87. The van der Waals surface area contributed by atoms with Gasteiger partial charge in [-0.25, -0.2) is 4.39 Å². The SMILES string of the molecule is O/N=C\c1[c]cc(F)cc1. The second kappa shape index (κ2) is 2.96. The number of benzene rings is 1. The van der Waals surface area contributed by atoms with Crippen LogP contribution in [0.2, 0.25) is 0 Å². The topological polar surface area (TPSA) is 32.6 Å². The van der Waals surface area contributed by atoms with E-state index in [0.717, 1.165) is 0 Å². The third kappa shape index (κ3) is 1.55. The number of rotatable bonds is 1. The maximum absolute atomic E-state index is 12.2. The highest BCUT2D eigenvalue weighted by molar-refractivity contribution is 5.78. The number of hydrogen-bond donors (Lipinski definition) is 1. The van der Waals surface area contributed by atoms with Crippen molar-refractivity contribution in [3.05, 3.63) is 35.6 Å². The van der Waals surface area contributed by atoms with Crippen molar-refractivity contribution in [3.8, 4) is 0 Å². The lowest BCUT2D eigenvalue weighted by Crippen LogP contribution is -1.80. The number of oxime groups is 1. The molecule has 1 aromatic rings. The minimum atomic E-state index is -0.352. The lowest BCUT2D eigenvalue weighted by atomic mass is 10.2. The maximum Gasteiger partial charge on any atom is 0.123 e. The average Bonchev–Trinajstić information content (AvgIpc) is 1.95. The summed E-state index contributed by atoms with van der Waals surface area (Å²) in [7, 11) is 0. The van der Waals surface area contributed by atoms with E-state index >= 15 is 0 Å². The standard InChI is InChI=1S/C7H5FNO/c8-7-3-1-6(2-4-7)5-9-10/h1,3-5,10H/b9-5-. The molecule has 0 fully saturated rings. The summed E-state index contributed by atoms with van der Waals surface area (Å²) in [5.74, 6) is -0.352. The molecule has 1 radical (unpaired) electrons. The molecule has 1 rings (SSSR count). The molecule has 2 nitrogen and oxygen atoms in total. The third-order valence-corrected chi connectivity index (χ3v) is 0.996. The van der Waals surface area contributed by atoms with E-state index in [0.29, 0.717) is 5.56 Å². The van der Waals surface area contributed by atoms with Gasteiger partial charge < -0.3 is 5.21 Å². The first-order valence-corrected chi connectivity index (χ1v) is 2.67. The third-order valence-electron chi connectivity index (χ3n) is 0.996. The van der Waals surface area contributed by atoms with Gasteiger partial charge in [0.15, 0.2) is 0 Å². The Balaban J connectivity index is 2.89. The fourth-order valence-corrected chi connectivity index (χ4v) is 0.560. The summed E-state index contributed by atoms with van der Waals surface area (Å²) in [5, 5.41) is 10.8. The van der Waals surface area contributed by atoms with Crippen molar-refractivity contribution in [2.24, 2.45) is 5.16 Å². The van der Waals surface area contributed by atoms with E-state index in [1.165, 1.54) is 24.4 Å². The summed E-state index contributed by atoms with van der Waals surface area (Å²) in [6, 6.07) is 6.47. The summed E-state index contributed by atoms with van der Waals surface area (Å²) in [5.41, 5.74) is 0.545. The van der Waals surface area contributed by atoms with Gasteiger partial charge in [0.05, 0.1) is 6.21 Å². The Morgan fingerprint density at radius 1 is 1.60 bits per heavy atom. The van der Waals surface area contributed by atoms with Crippen LogP contribution < -0.4 is 0 Å². The van der Waals surface area contributed by atoms with Gasteiger partial charge in [-0.1, -0.05) is 5.16 Å². The Hall–Kier alpha value is -1.38. The molecule has 0 aromatic heterocycles. The van der Waals surface area contributed by atoms with Crippen LogP contribution in [0.5, 0.6) is 0 Å². The van der Waals surface area contributed by atoms with Gasteiger partial charge in [-0.2, -0.15) is 0 Å². The summed E-state index contributed by atoms with van der Waals surface area (Å²) < 4.78 is 12.2. The van der Waals surface area contributed by atoms with E-state index in [9.17, 15) is 4.39 Å². The van der Waals surface area contributed by atoms with Crippen molar-refractivity contribution in [3.63, 3.8) is 0 Å². The molecule has 51 valence electrons. The molecule has 0 aliphatic heterocycles. The molecule has 0 saturated carbocycles. The van der Waals surface area contributed by atoms with Gasteiger partial charge in [-0.15, -0.1) is 0 Å². The largest absolute Gasteiger partial charge is 0.411 e. The quantitative estimate of drug-likeness (QED) is 0.355. The van der Waals surface area contributed by atoms with Crippen molar-refractivity contribution >= 4 is 6.21 Å². The van der Waals surface area contributed by atoms with Crippen LogP contribution in [-0.4, -0.2) is 11.4 Å². The van der Waals surface area contributed by atoms with Crippen molar-refractivity contribution in [1.29, 1.82) is 0 Å². The fraction of sp³-hybridized carbons (Fsp3) is 0. The molecule has 0 atom stereocenters. The molecule has 1 aromatic carbocycles. The Labute approximate surface area is 57.6 Å². The second-order valence-corrected chi connectivity index (χ2v) is 1.71. The highest BCUT2D eigenvalue weighted by Crippen LogP contribution is 1.98. The fourth-order valence-electron chi connectivity index (χ4n) is 0.560. The molecule has 0 heterocycles. The van der Waals surface area contributed by atoms with Crippen LogP contribution in [0.25, 0.3) is 0 Å². The van der Waals surface area contributed by atoms with Gasteiger partial charge in [0.2, 0.25) is 0 Å². The molecule has 3 heteroatoms. The first-order valence-electron chi connectivity index (χ1n) is 2.67. The monoisotopic (exact) mass is 138 g/mol. The highest BCUT2D eigenvalue weighted by Gasteiger charge is 1.88. The summed E-state index contributed by atoms with van der Waals surface area (Å²) in [4.78, 5) is 0. The summed E-state index contributed by atoms with van der Waals surface area (Å²) >= 11 is 0. The highest BCUT2D eigenvalue weighted by atomic mass is 19.1. The Morgan fingerprint density at radius 3 is 2.90 bits per heavy atom. The molecule has 0 bridgehead atoms. The minimum absolute atomic E-state index is 0.352. The van der Waals surface area contributed by atoms with E-state index < -0.39 is 0 Å². The summed E-state index contributed by atoms with van der Waals surface area (Å²) in [6.45, 7) is 0. The average molecular weight is 138 g/mol. The van der Waals surface area contributed by atoms with Crippen LogP contribution >= 0.6 is 0 Å². The molecule has 0 unspecified atom stereocenters. The second-order valence-electron chi connectivity index (χ2n) is 1.71. The molecule has 0 saturated heterocycles. The van der Waals surface area contributed by atoms with E-state index in [4.69, 9.17) is 5.21 Å². The Kier molecular flexibility index (Phi) is 1.99. The van der Waals surface area contributed by atoms with E-state index in [2.05, 4.69) is 11.2 Å². The number of halogens is 1. The number of hydrogen-bond acceptors (Lipinski definition) is 2. The zero-order chi connectivity index (χ0) is 7.40. The van der Waals surface area contributed by atoms with Crippen LogP contribution in [0.4, 0.5) is 4.39 Å². The Morgan fingerprint density at radius 2 is 2.40 bits per heavy atom. The van der Waals surface area contributed by atoms with Crippen molar-refractivity contribution < 1.29 is 9.60 Å². The van der Waals surface area contributed by atoms with Crippen molar-refractivity contribution in [2.75, 3.05) is 0 Å². The van der Waals surface area contributed by atoms with E-state index in [-0.39, 0.29) is 5.82 Å². The van der Waals surface area contributed by atoms with Crippen LogP contribution in [0.3, 0.4) is 0 Å². The molecular formula is C7H5FNO. The normalized spacial score (nSPS) is 10.5. The van der Waals surface area contributed by atoms with Gasteiger partial charge in [0, 0.05) is 5.56 Å². The van der Waals surface area contributed by atoms with E-state index in [1.54, 1.807) is 0 Å².